The molecule has 2 aliphatic heterocycles. The first kappa shape index (κ1) is 28.2. The number of ether oxygens (including phenoxy) is 3. The van der Waals surface area contributed by atoms with E-state index in [1.54, 1.807) is 12.1 Å². The Bertz CT molecular complexity index is 1790. The Kier molecular flexibility index (Phi) is 7.17. The summed E-state index contributed by atoms with van der Waals surface area (Å²) in [6.07, 6.45) is 4.03. The molecule has 1 saturated carbocycles. The van der Waals surface area contributed by atoms with Crippen molar-refractivity contribution in [2.45, 2.75) is 50.9 Å². The van der Waals surface area contributed by atoms with Gasteiger partial charge in [0.05, 0.1) is 42.9 Å². The maximum absolute atomic E-state index is 14.6. The molecule has 3 fully saturated rings. The molecular weight excluding hydrogens is 568 g/mol. The Morgan fingerprint density at radius 2 is 1.93 bits per heavy atom. The third-order valence-electron chi connectivity index (χ3n) is 9.29. The lowest BCUT2D eigenvalue weighted by atomic mass is 9.90. The second kappa shape index (κ2) is 11.2. The summed E-state index contributed by atoms with van der Waals surface area (Å²) in [4.78, 5) is 27.1. The highest BCUT2D eigenvalue weighted by Gasteiger charge is 2.57. The summed E-state index contributed by atoms with van der Waals surface area (Å²) in [5, 5.41) is 0. The molecule has 2 saturated heterocycles. The first-order valence-electron chi connectivity index (χ1n) is 14.8. The zero-order chi connectivity index (χ0) is 30.4. The monoisotopic (exact) mass is 599 g/mol. The smallest absolute Gasteiger partial charge is 0.337 e. The Morgan fingerprint density at radius 3 is 2.64 bits per heavy atom. The molecule has 3 aliphatic rings. The number of carbonyl (C=O) groups is 1. The number of aromatic nitrogens is 3. The van der Waals surface area contributed by atoms with E-state index >= 15 is 0 Å². The SMILES string of the molecule is [C-]#[N+]c1ccc(COc2nc(N3CCC4(CC3)CC4c3nc4ccc(C(=O)OC)cc4n3C[C@@H]3CCO3)ccc2F)c(F)c1. The van der Waals surface area contributed by atoms with Gasteiger partial charge in [0.1, 0.15) is 24.1 Å². The molecule has 11 heteroatoms. The number of methoxy groups -OCH3 is 1. The van der Waals surface area contributed by atoms with Crippen molar-refractivity contribution in [1.29, 1.82) is 0 Å². The maximum Gasteiger partial charge on any atom is 0.337 e. The molecule has 0 radical (unpaired) electrons. The number of pyridine rings is 1. The van der Waals surface area contributed by atoms with Gasteiger partial charge < -0.3 is 23.7 Å². The number of hydrogen-bond acceptors (Lipinski definition) is 7. The van der Waals surface area contributed by atoms with Crippen LogP contribution in [0.1, 0.15) is 53.3 Å². The number of carbonyl (C=O) groups excluding carboxylic acids is 1. The molecule has 4 heterocycles. The zero-order valence-corrected chi connectivity index (χ0v) is 24.3. The molecule has 4 aromatic rings. The van der Waals surface area contributed by atoms with Crippen LogP contribution in [0.2, 0.25) is 0 Å². The molecule has 9 nitrogen and oxygen atoms in total. The summed E-state index contributed by atoms with van der Waals surface area (Å²) < 4.78 is 47.4. The molecule has 1 unspecified atom stereocenters. The molecule has 2 aromatic heterocycles. The van der Waals surface area contributed by atoms with Crippen LogP contribution in [0.4, 0.5) is 20.3 Å². The van der Waals surface area contributed by atoms with Gasteiger partial charge in [-0.05, 0) is 67.5 Å². The van der Waals surface area contributed by atoms with E-state index in [4.69, 9.17) is 25.8 Å². The van der Waals surface area contributed by atoms with Gasteiger partial charge in [-0.3, -0.25) is 0 Å². The van der Waals surface area contributed by atoms with E-state index in [1.807, 2.05) is 12.1 Å². The summed E-state index contributed by atoms with van der Waals surface area (Å²) in [7, 11) is 1.38. The summed E-state index contributed by atoms with van der Waals surface area (Å²) in [6.45, 7) is 9.78. The lowest BCUT2D eigenvalue weighted by Crippen LogP contribution is -2.36. The number of rotatable bonds is 8. The molecule has 2 atom stereocenters. The predicted octanol–water partition coefficient (Wildman–Crippen LogP) is 6.19. The van der Waals surface area contributed by atoms with E-state index < -0.39 is 11.6 Å². The van der Waals surface area contributed by atoms with E-state index in [-0.39, 0.29) is 41.2 Å². The van der Waals surface area contributed by atoms with Gasteiger partial charge in [-0.2, -0.15) is 4.98 Å². The number of nitrogens with zero attached hydrogens (tertiary/aromatic N) is 5. The number of piperidine rings is 1. The van der Waals surface area contributed by atoms with Crippen molar-refractivity contribution in [3.63, 3.8) is 0 Å². The van der Waals surface area contributed by atoms with Gasteiger partial charge in [-0.1, -0.05) is 12.1 Å². The van der Waals surface area contributed by atoms with Crippen molar-refractivity contribution < 1.29 is 27.8 Å². The maximum atomic E-state index is 14.6. The lowest BCUT2D eigenvalue weighted by Gasteiger charge is -2.34. The fraction of sp³-hybridized carbons (Fsp3) is 0.394. The minimum atomic E-state index is -0.618. The van der Waals surface area contributed by atoms with Gasteiger partial charge >= 0.3 is 5.97 Å². The van der Waals surface area contributed by atoms with Crippen molar-refractivity contribution >= 4 is 28.5 Å². The fourth-order valence-electron chi connectivity index (χ4n) is 6.48. The molecule has 7 rings (SSSR count). The Balaban J connectivity index is 1.06. The normalized spacial score (nSPS) is 20.3. The summed E-state index contributed by atoms with van der Waals surface area (Å²) >= 11 is 0. The zero-order valence-electron chi connectivity index (χ0n) is 24.3. The van der Waals surface area contributed by atoms with Crippen LogP contribution in [-0.4, -0.2) is 53.4 Å². The highest BCUT2D eigenvalue weighted by Crippen LogP contribution is 2.65. The predicted molar refractivity (Wildman–Crippen MR) is 158 cm³/mol. The molecular formula is C33H31F2N5O4. The minimum Gasteiger partial charge on any atom is -0.471 e. The van der Waals surface area contributed by atoms with E-state index in [2.05, 4.69) is 19.3 Å². The van der Waals surface area contributed by atoms with E-state index in [0.29, 0.717) is 23.8 Å². The first-order chi connectivity index (χ1) is 21.4. The summed E-state index contributed by atoms with van der Waals surface area (Å²) in [5.74, 6) is 0.198. The molecule has 0 N–H and O–H groups in total. The Morgan fingerprint density at radius 1 is 1.11 bits per heavy atom. The summed E-state index contributed by atoms with van der Waals surface area (Å²) in [5.41, 5.74) is 2.81. The number of halogens is 2. The van der Waals surface area contributed by atoms with Crippen molar-refractivity contribution in [2.75, 3.05) is 31.7 Å². The second-order valence-electron chi connectivity index (χ2n) is 11.8. The Hall–Kier alpha value is -4.56. The van der Waals surface area contributed by atoms with Crippen LogP contribution in [0.5, 0.6) is 5.88 Å². The highest BCUT2D eigenvalue weighted by atomic mass is 19.1. The number of benzene rings is 2. The number of esters is 1. The van der Waals surface area contributed by atoms with Crippen LogP contribution >= 0.6 is 0 Å². The first-order valence-corrected chi connectivity index (χ1v) is 14.8. The van der Waals surface area contributed by atoms with Gasteiger partial charge in [0.15, 0.2) is 11.5 Å². The number of fused-ring (bicyclic) bond motifs is 1. The van der Waals surface area contributed by atoms with Crippen LogP contribution in [0.25, 0.3) is 15.9 Å². The molecule has 1 spiro atoms. The minimum absolute atomic E-state index is 0.121. The van der Waals surface area contributed by atoms with Crippen LogP contribution in [0, 0.1) is 23.6 Å². The average Bonchev–Trinajstić information content (AvgIpc) is 3.59. The van der Waals surface area contributed by atoms with Crippen molar-refractivity contribution in [3.05, 3.63) is 88.5 Å². The van der Waals surface area contributed by atoms with Crippen LogP contribution in [0.15, 0.2) is 48.5 Å². The van der Waals surface area contributed by atoms with Crippen LogP contribution in [-0.2, 0) is 22.6 Å². The van der Waals surface area contributed by atoms with Crippen molar-refractivity contribution in [3.8, 4) is 5.88 Å². The van der Waals surface area contributed by atoms with Crippen LogP contribution < -0.4 is 9.64 Å². The lowest BCUT2D eigenvalue weighted by molar-refractivity contribution is -0.0590. The number of anilines is 1. The third-order valence-corrected chi connectivity index (χ3v) is 9.29. The standard InChI is InChI=1S/C33H31F2N5O4/c1-36-22-5-3-21(26(35)16-22)19-44-31-25(34)6-8-29(38-31)39-12-10-33(11-13-39)17-24(33)30-37-27-7-4-20(32(41)42-2)15-28(27)40(30)18-23-9-14-43-23/h3-8,15-16,23-24H,9-14,17-19H2,2H3/t23-,24?/m0/s1. The molecule has 0 bridgehead atoms. The third kappa shape index (κ3) is 5.13. The van der Waals surface area contributed by atoms with E-state index in [1.165, 1.54) is 25.3 Å². The van der Waals surface area contributed by atoms with E-state index in [9.17, 15) is 13.6 Å². The van der Waals surface area contributed by atoms with Gasteiger partial charge in [0, 0.05) is 31.2 Å². The topological polar surface area (TPSA) is 83.1 Å². The highest BCUT2D eigenvalue weighted by molar-refractivity contribution is 5.93. The summed E-state index contributed by atoms with van der Waals surface area (Å²) in [6, 6.07) is 12.6. The van der Waals surface area contributed by atoms with Crippen molar-refractivity contribution in [1.82, 2.24) is 14.5 Å². The second-order valence-corrected chi connectivity index (χ2v) is 11.8. The van der Waals surface area contributed by atoms with Gasteiger partial charge in [0.2, 0.25) is 0 Å². The molecule has 0 amide bonds. The molecule has 44 heavy (non-hydrogen) atoms. The molecule has 2 aromatic carbocycles. The number of hydrogen-bond donors (Lipinski definition) is 0. The molecule has 226 valence electrons. The van der Waals surface area contributed by atoms with Gasteiger partial charge in [-0.15, -0.1) is 0 Å². The van der Waals surface area contributed by atoms with Gasteiger partial charge in [-0.25, -0.2) is 23.4 Å². The number of imidazole rings is 1. The van der Waals surface area contributed by atoms with Crippen LogP contribution in [0.3, 0.4) is 0 Å². The quantitative estimate of drug-likeness (QED) is 0.177. The average molecular weight is 600 g/mol. The Labute approximate surface area is 253 Å². The van der Waals surface area contributed by atoms with Gasteiger partial charge in [0.25, 0.3) is 5.88 Å². The van der Waals surface area contributed by atoms with Crippen molar-refractivity contribution in [2.24, 2.45) is 5.41 Å². The largest absolute Gasteiger partial charge is 0.471 e. The molecule has 1 aliphatic carbocycles. The van der Waals surface area contributed by atoms with E-state index in [0.717, 1.165) is 68.3 Å². The fourth-order valence-corrected chi connectivity index (χ4v) is 6.48.